The molecule has 1 aliphatic carbocycles. The number of carbonyl (C=O) groups excluding carboxylic acids is 2. The standard InChI is InChI=1S/C21H27N3O2S/c1-14-9-7-8-12-18(14)20(26)24(17-10-5-4-6-11-17)13-19(25)23-21-22-15(2)16(3)27-21/h7-9,12,17H,4-6,10-11,13H2,1-3H3,(H,22,23,25). The van der Waals surface area contributed by atoms with Gasteiger partial charge in [0.25, 0.3) is 5.91 Å². The summed E-state index contributed by atoms with van der Waals surface area (Å²) in [6.07, 6.45) is 5.33. The van der Waals surface area contributed by atoms with E-state index in [9.17, 15) is 9.59 Å². The Morgan fingerprint density at radius 1 is 1.15 bits per heavy atom. The molecule has 2 aromatic rings. The molecule has 0 unspecified atom stereocenters. The van der Waals surface area contributed by atoms with E-state index in [0.717, 1.165) is 41.8 Å². The molecule has 0 atom stereocenters. The van der Waals surface area contributed by atoms with Gasteiger partial charge in [0.05, 0.1) is 5.69 Å². The SMILES string of the molecule is Cc1ccccc1C(=O)N(CC(=O)Nc1nc(C)c(C)s1)C1CCCCC1. The molecule has 0 spiro atoms. The molecule has 144 valence electrons. The molecule has 6 heteroatoms. The molecule has 1 fully saturated rings. The molecule has 2 amide bonds. The summed E-state index contributed by atoms with van der Waals surface area (Å²) in [6.45, 7) is 5.92. The van der Waals surface area contributed by atoms with Crippen molar-refractivity contribution in [2.24, 2.45) is 0 Å². The van der Waals surface area contributed by atoms with Gasteiger partial charge in [-0.15, -0.1) is 11.3 Å². The number of thiazole rings is 1. The van der Waals surface area contributed by atoms with Crippen molar-refractivity contribution < 1.29 is 9.59 Å². The zero-order valence-electron chi connectivity index (χ0n) is 16.2. The molecule has 27 heavy (non-hydrogen) atoms. The zero-order valence-corrected chi connectivity index (χ0v) is 17.1. The topological polar surface area (TPSA) is 62.3 Å². The lowest BCUT2D eigenvalue weighted by Gasteiger charge is -2.34. The smallest absolute Gasteiger partial charge is 0.254 e. The maximum Gasteiger partial charge on any atom is 0.254 e. The predicted octanol–water partition coefficient (Wildman–Crippen LogP) is 4.48. The molecule has 1 aromatic carbocycles. The van der Waals surface area contributed by atoms with Crippen LogP contribution in [-0.4, -0.2) is 34.3 Å². The molecule has 0 saturated heterocycles. The minimum Gasteiger partial charge on any atom is -0.326 e. The first-order chi connectivity index (χ1) is 13.0. The molecule has 0 aliphatic heterocycles. The van der Waals surface area contributed by atoms with Gasteiger partial charge in [-0.25, -0.2) is 4.98 Å². The number of hydrogen-bond donors (Lipinski definition) is 1. The Morgan fingerprint density at radius 3 is 2.48 bits per heavy atom. The van der Waals surface area contributed by atoms with E-state index in [2.05, 4.69) is 10.3 Å². The first kappa shape index (κ1) is 19.5. The third-order valence-corrected chi connectivity index (χ3v) is 6.23. The molecule has 1 saturated carbocycles. The van der Waals surface area contributed by atoms with Crippen molar-refractivity contribution in [1.82, 2.24) is 9.88 Å². The van der Waals surface area contributed by atoms with E-state index in [1.807, 2.05) is 45.0 Å². The highest BCUT2D eigenvalue weighted by atomic mass is 32.1. The largest absolute Gasteiger partial charge is 0.326 e. The van der Waals surface area contributed by atoms with Crippen molar-refractivity contribution in [3.63, 3.8) is 0 Å². The number of nitrogens with one attached hydrogen (secondary N) is 1. The first-order valence-corrected chi connectivity index (χ1v) is 10.4. The lowest BCUT2D eigenvalue weighted by Crippen LogP contribution is -2.45. The van der Waals surface area contributed by atoms with Crippen molar-refractivity contribution in [2.45, 2.75) is 58.9 Å². The second-order valence-corrected chi connectivity index (χ2v) is 8.45. The van der Waals surface area contributed by atoms with E-state index in [1.54, 1.807) is 4.90 Å². The van der Waals surface area contributed by atoms with Gasteiger partial charge in [-0.3, -0.25) is 9.59 Å². The van der Waals surface area contributed by atoms with Gasteiger partial charge in [-0.2, -0.15) is 0 Å². The van der Waals surface area contributed by atoms with Crippen molar-refractivity contribution >= 4 is 28.3 Å². The lowest BCUT2D eigenvalue weighted by atomic mass is 9.93. The van der Waals surface area contributed by atoms with Crippen LogP contribution in [0.5, 0.6) is 0 Å². The van der Waals surface area contributed by atoms with Crippen LogP contribution in [0.25, 0.3) is 0 Å². The minimum atomic E-state index is -0.184. The van der Waals surface area contributed by atoms with Crippen LogP contribution in [0.2, 0.25) is 0 Å². The summed E-state index contributed by atoms with van der Waals surface area (Å²) < 4.78 is 0. The number of carbonyl (C=O) groups is 2. The summed E-state index contributed by atoms with van der Waals surface area (Å²) in [7, 11) is 0. The molecule has 1 aromatic heterocycles. The van der Waals surface area contributed by atoms with Crippen molar-refractivity contribution in [3.05, 3.63) is 46.0 Å². The average molecular weight is 386 g/mol. The van der Waals surface area contributed by atoms with E-state index in [-0.39, 0.29) is 24.4 Å². The Morgan fingerprint density at radius 2 is 1.85 bits per heavy atom. The van der Waals surface area contributed by atoms with E-state index < -0.39 is 0 Å². The summed E-state index contributed by atoms with van der Waals surface area (Å²) in [5.74, 6) is -0.238. The first-order valence-electron chi connectivity index (χ1n) is 9.56. The van der Waals surface area contributed by atoms with E-state index in [0.29, 0.717) is 10.7 Å². The summed E-state index contributed by atoms with van der Waals surface area (Å²) in [5.41, 5.74) is 2.54. The Hall–Kier alpha value is -2.21. The van der Waals surface area contributed by atoms with Crippen LogP contribution in [0.3, 0.4) is 0 Å². The fraction of sp³-hybridized carbons (Fsp3) is 0.476. The third kappa shape index (κ3) is 4.75. The monoisotopic (exact) mass is 385 g/mol. The van der Waals surface area contributed by atoms with E-state index >= 15 is 0 Å². The van der Waals surface area contributed by atoms with Gasteiger partial charge in [0.15, 0.2) is 5.13 Å². The normalized spacial score (nSPS) is 14.8. The molecule has 0 bridgehead atoms. The number of aromatic nitrogens is 1. The van der Waals surface area contributed by atoms with Crippen LogP contribution in [-0.2, 0) is 4.79 Å². The van der Waals surface area contributed by atoms with E-state index in [4.69, 9.17) is 0 Å². The van der Waals surface area contributed by atoms with Gasteiger partial charge in [-0.05, 0) is 45.2 Å². The third-order valence-electron chi connectivity index (χ3n) is 5.24. The summed E-state index contributed by atoms with van der Waals surface area (Å²) in [6, 6.07) is 7.71. The summed E-state index contributed by atoms with van der Waals surface area (Å²) >= 11 is 1.47. The van der Waals surface area contributed by atoms with E-state index in [1.165, 1.54) is 17.8 Å². The fourth-order valence-electron chi connectivity index (χ4n) is 3.57. The van der Waals surface area contributed by atoms with Crippen LogP contribution in [0, 0.1) is 20.8 Å². The number of rotatable bonds is 5. The lowest BCUT2D eigenvalue weighted by molar-refractivity contribution is -0.117. The maximum absolute atomic E-state index is 13.2. The quantitative estimate of drug-likeness (QED) is 0.825. The number of anilines is 1. The molecule has 0 radical (unpaired) electrons. The highest BCUT2D eigenvalue weighted by Crippen LogP contribution is 2.25. The summed E-state index contributed by atoms with van der Waals surface area (Å²) in [4.78, 5) is 33.1. The highest BCUT2D eigenvalue weighted by Gasteiger charge is 2.29. The minimum absolute atomic E-state index is 0.0540. The van der Waals surface area contributed by atoms with Crippen LogP contribution >= 0.6 is 11.3 Å². The number of amides is 2. The molecule has 5 nitrogen and oxygen atoms in total. The van der Waals surface area contributed by atoms with Crippen molar-refractivity contribution in [3.8, 4) is 0 Å². The highest BCUT2D eigenvalue weighted by molar-refractivity contribution is 7.15. The van der Waals surface area contributed by atoms with Crippen molar-refractivity contribution in [2.75, 3.05) is 11.9 Å². The number of hydrogen-bond acceptors (Lipinski definition) is 4. The molecule has 1 heterocycles. The Balaban J connectivity index is 1.78. The number of benzene rings is 1. The van der Waals surface area contributed by atoms with Gasteiger partial charge in [0.2, 0.25) is 5.91 Å². The second kappa shape index (κ2) is 8.65. The Labute approximate surface area is 164 Å². The zero-order chi connectivity index (χ0) is 19.4. The Kier molecular flexibility index (Phi) is 6.26. The van der Waals surface area contributed by atoms with Crippen LogP contribution in [0.1, 0.15) is 58.6 Å². The maximum atomic E-state index is 13.2. The molecular formula is C21H27N3O2S. The molecule has 1 N–H and O–H groups in total. The predicted molar refractivity (Wildman–Crippen MR) is 109 cm³/mol. The van der Waals surface area contributed by atoms with Crippen LogP contribution in [0.15, 0.2) is 24.3 Å². The molecular weight excluding hydrogens is 358 g/mol. The van der Waals surface area contributed by atoms with Gasteiger partial charge in [0.1, 0.15) is 6.54 Å². The van der Waals surface area contributed by atoms with Crippen LogP contribution < -0.4 is 5.32 Å². The summed E-state index contributed by atoms with van der Waals surface area (Å²) in [5, 5.41) is 3.47. The number of nitrogens with zero attached hydrogens (tertiary/aromatic N) is 2. The molecule has 3 rings (SSSR count). The average Bonchev–Trinajstić information content (AvgIpc) is 2.97. The van der Waals surface area contributed by atoms with Gasteiger partial charge < -0.3 is 10.2 Å². The second-order valence-electron chi connectivity index (χ2n) is 7.25. The van der Waals surface area contributed by atoms with Gasteiger partial charge in [0, 0.05) is 16.5 Å². The Bertz CT molecular complexity index is 805. The van der Waals surface area contributed by atoms with Crippen molar-refractivity contribution in [1.29, 1.82) is 0 Å². The van der Waals surface area contributed by atoms with Crippen LogP contribution in [0.4, 0.5) is 5.13 Å². The van der Waals surface area contributed by atoms with Gasteiger partial charge >= 0.3 is 0 Å². The number of aryl methyl sites for hydroxylation is 3. The molecule has 1 aliphatic rings. The fourth-order valence-corrected chi connectivity index (χ4v) is 4.40. The van der Waals surface area contributed by atoms with Gasteiger partial charge in [-0.1, -0.05) is 37.5 Å².